The van der Waals surface area contributed by atoms with Crippen LogP contribution < -0.4 is 5.32 Å². The second kappa shape index (κ2) is 8.51. The van der Waals surface area contributed by atoms with Gasteiger partial charge in [0.2, 0.25) is 5.91 Å². The number of anilines is 1. The molecule has 0 aliphatic carbocycles. The number of hydrogen-bond acceptors (Lipinski definition) is 6. The summed E-state index contributed by atoms with van der Waals surface area (Å²) in [6, 6.07) is 13.7. The number of nitrogens with one attached hydrogen (secondary N) is 1. The standard InChI is InChI=1S/C18H14ClN3O3S2/c1-11(17(23)20-15-8-7-13(22(24)25)9-14(15)19)27-18-21-16(10-26-18)12-5-3-2-4-6-12/h2-11H,1H3,(H,20,23)/t11-/m0/s1. The SMILES string of the molecule is C[C@H](Sc1nc(-c2ccccc2)cs1)C(=O)Nc1ccc([N+](=O)[O-])cc1Cl. The summed E-state index contributed by atoms with van der Waals surface area (Å²) in [5, 5.41) is 15.1. The number of nitrogens with zero attached hydrogens (tertiary/aromatic N) is 2. The van der Waals surface area contributed by atoms with Crippen LogP contribution in [0.5, 0.6) is 0 Å². The summed E-state index contributed by atoms with van der Waals surface area (Å²) in [4.78, 5) is 27.2. The number of thiazole rings is 1. The molecule has 0 saturated heterocycles. The lowest BCUT2D eigenvalue weighted by Crippen LogP contribution is -2.22. The molecule has 0 saturated carbocycles. The average Bonchev–Trinajstić information content (AvgIpc) is 3.12. The van der Waals surface area contributed by atoms with Crippen LogP contribution in [-0.2, 0) is 4.79 Å². The van der Waals surface area contributed by atoms with Gasteiger partial charge in [0.15, 0.2) is 4.34 Å². The van der Waals surface area contributed by atoms with Gasteiger partial charge >= 0.3 is 0 Å². The minimum absolute atomic E-state index is 0.121. The topological polar surface area (TPSA) is 85.1 Å². The van der Waals surface area contributed by atoms with Crippen molar-refractivity contribution in [3.05, 3.63) is 69.0 Å². The van der Waals surface area contributed by atoms with Gasteiger partial charge in [-0.25, -0.2) is 4.98 Å². The first-order valence-corrected chi connectivity index (χ1v) is 10.00. The second-order valence-electron chi connectivity index (χ2n) is 5.54. The van der Waals surface area contributed by atoms with E-state index in [1.54, 1.807) is 6.92 Å². The lowest BCUT2D eigenvalue weighted by atomic mass is 10.2. The minimum atomic E-state index is -0.539. The van der Waals surface area contributed by atoms with E-state index in [1.165, 1.54) is 41.3 Å². The van der Waals surface area contributed by atoms with Crippen LogP contribution in [0.3, 0.4) is 0 Å². The third kappa shape index (κ3) is 4.85. The molecule has 0 aliphatic heterocycles. The Kier molecular flexibility index (Phi) is 6.10. The number of nitro groups is 1. The number of rotatable bonds is 6. The van der Waals surface area contributed by atoms with Gasteiger partial charge in [0.05, 0.1) is 26.6 Å². The monoisotopic (exact) mass is 419 g/mol. The Balaban J connectivity index is 1.65. The van der Waals surface area contributed by atoms with E-state index in [9.17, 15) is 14.9 Å². The number of carbonyl (C=O) groups excluding carboxylic acids is 1. The molecule has 27 heavy (non-hydrogen) atoms. The summed E-state index contributed by atoms with van der Waals surface area (Å²) in [5.74, 6) is -0.257. The summed E-state index contributed by atoms with van der Waals surface area (Å²) in [6.45, 7) is 1.77. The summed E-state index contributed by atoms with van der Waals surface area (Å²) in [6.07, 6.45) is 0. The first-order valence-electron chi connectivity index (χ1n) is 7.86. The molecule has 0 spiro atoms. The van der Waals surface area contributed by atoms with Gasteiger partial charge in [0.1, 0.15) is 0 Å². The highest BCUT2D eigenvalue weighted by atomic mass is 35.5. The molecule has 1 N–H and O–H groups in total. The van der Waals surface area contributed by atoms with E-state index in [0.717, 1.165) is 15.6 Å². The molecule has 9 heteroatoms. The van der Waals surface area contributed by atoms with E-state index in [2.05, 4.69) is 10.3 Å². The van der Waals surface area contributed by atoms with Crippen molar-refractivity contribution in [3.63, 3.8) is 0 Å². The van der Waals surface area contributed by atoms with Gasteiger partial charge in [0.25, 0.3) is 5.69 Å². The number of carbonyl (C=O) groups is 1. The van der Waals surface area contributed by atoms with E-state index < -0.39 is 10.2 Å². The van der Waals surface area contributed by atoms with Crippen LogP contribution in [0, 0.1) is 10.1 Å². The highest BCUT2D eigenvalue weighted by molar-refractivity contribution is 8.02. The first kappa shape index (κ1) is 19.3. The van der Waals surface area contributed by atoms with Crippen LogP contribution in [0.25, 0.3) is 11.3 Å². The number of aromatic nitrogens is 1. The number of non-ortho nitro benzene ring substituents is 1. The number of thioether (sulfide) groups is 1. The van der Waals surface area contributed by atoms with Crippen LogP contribution in [-0.4, -0.2) is 21.1 Å². The van der Waals surface area contributed by atoms with Gasteiger partial charge in [-0.05, 0) is 13.0 Å². The molecule has 0 fully saturated rings. The van der Waals surface area contributed by atoms with Crippen molar-refractivity contribution in [2.24, 2.45) is 0 Å². The predicted molar refractivity (Wildman–Crippen MR) is 110 cm³/mol. The number of halogens is 1. The molecule has 6 nitrogen and oxygen atoms in total. The van der Waals surface area contributed by atoms with Crippen molar-refractivity contribution < 1.29 is 9.72 Å². The molecule has 1 aromatic heterocycles. The van der Waals surface area contributed by atoms with E-state index >= 15 is 0 Å². The number of hydrogen-bond donors (Lipinski definition) is 1. The third-order valence-electron chi connectivity index (χ3n) is 3.62. The Morgan fingerprint density at radius 3 is 2.70 bits per heavy atom. The van der Waals surface area contributed by atoms with Crippen LogP contribution in [0.15, 0.2) is 58.3 Å². The van der Waals surface area contributed by atoms with Gasteiger partial charge in [-0.15, -0.1) is 11.3 Å². The normalized spacial score (nSPS) is 11.8. The molecular formula is C18H14ClN3O3S2. The Hall–Kier alpha value is -2.42. The largest absolute Gasteiger partial charge is 0.324 e. The molecule has 138 valence electrons. The van der Waals surface area contributed by atoms with Crippen molar-refractivity contribution in [3.8, 4) is 11.3 Å². The number of benzene rings is 2. The fraction of sp³-hybridized carbons (Fsp3) is 0.111. The first-order chi connectivity index (χ1) is 12.9. The van der Waals surface area contributed by atoms with Crippen molar-refractivity contribution in [1.29, 1.82) is 0 Å². The molecule has 3 aromatic rings. The highest BCUT2D eigenvalue weighted by Gasteiger charge is 2.19. The van der Waals surface area contributed by atoms with Crippen LogP contribution in [0.1, 0.15) is 6.92 Å². The maximum atomic E-state index is 12.4. The van der Waals surface area contributed by atoms with Gasteiger partial charge in [0, 0.05) is 23.1 Å². The third-order valence-corrected chi connectivity index (χ3v) is 6.01. The van der Waals surface area contributed by atoms with Gasteiger partial charge in [-0.1, -0.05) is 53.7 Å². The summed E-state index contributed by atoms with van der Waals surface area (Å²) in [7, 11) is 0. The molecular weight excluding hydrogens is 406 g/mol. The molecule has 0 aliphatic rings. The average molecular weight is 420 g/mol. The van der Waals surface area contributed by atoms with Crippen LogP contribution in [0.4, 0.5) is 11.4 Å². The van der Waals surface area contributed by atoms with E-state index in [0.29, 0.717) is 5.69 Å². The zero-order valence-corrected chi connectivity index (χ0v) is 16.5. The van der Waals surface area contributed by atoms with E-state index in [-0.39, 0.29) is 16.6 Å². The molecule has 0 radical (unpaired) electrons. The Bertz CT molecular complexity index is 979. The lowest BCUT2D eigenvalue weighted by molar-refractivity contribution is -0.384. The maximum absolute atomic E-state index is 12.4. The fourth-order valence-electron chi connectivity index (χ4n) is 2.21. The molecule has 0 bridgehead atoms. The van der Waals surface area contributed by atoms with Crippen molar-refractivity contribution >= 4 is 52.0 Å². The molecule has 0 unspecified atom stereocenters. The van der Waals surface area contributed by atoms with Crippen molar-refractivity contribution in [2.75, 3.05) is 5.32 Å². The van der Waals surface area contributed by atoms with Crippen molar-refractivity contribution in [1.82, 2.24) is 4.98 Å². The summed E-state index contributed by atoms with van der Waals surface area (Å²) >= 11 is 8.84. The van der Waals surface area contributed by atoms with Crippen molar-refractivity contribution in [2.45, 2.75) is 16.5 Å². The predicted octanol–water partition coefficient (Wildman–Crippen LogP) is 5.49. The van der Waals surface area contributed by atoms with Crippen LogP contribution in [0.2, 0.25) is 5.02 Å². The Morgan fingerprint density at radius 1 is 1.30 bits per heavy atom. The highest BCUT2D eigenvalue weighted by Crippen LogP contribution is 2.32. The quantitative estimate of drug-likeness (QED) is 0.324. The minimum Gasteiger partial charge on any atom is -0.324 e. The molecule has 2 aromatic carbocycles. The summed E-state index contributed by atoms with van der Waals surface area (Å²) < 4.78 is 0.784. The lowest BCUT2D eigenvalue weighted by Gasteiger charge is -2.11. The molecule has 1 amide bonds. The fourth-order valence-corrected chi connectivity index (χ4v) is 4.40. The zero-order valence-electron chi connectivity index (χ0n) is 14.1. The number of amides is 1. The number of nitro benzene ring substituents is 1. The molecule has 3 rings (SSSR count). The smallest absolute Gasteiger partial charge is 0.271 e. The maximum Gasteiger partial charge on any atom is 0.271 e. The van der Waals surface area contributed by atoms with E-state index in [1.807, 2.05) is 35.7 Å². The molecule has 1 heterocycles. The van der Waals surface area contributed by atoms with Crippen LogP contribution >= 0.6 is 34.7 Å². The molecule has 1 atom stereocenters. The van der Waals surface area contributed by atoms with E-state index in [4.69, 9.17) is 11.6 Å². The Labute approximate surface area is 168 Å². The zero-order chi connectivity index (χ0) is 19.4. The summed E-state index contributed by atoms with van der Waals surface area (Å²) in [5.41, 5.74) is 2.10. The Morgan fingerprint density at radius 2 is 2.04 bits per heavy atom. The van der Waals surface area contributed by atoms with Gasteiger partial charge < -0.3 is 5.32 Å². The van der Waals surface area contributed by atoms with Gasteiger partial charge in [-0.2, -0.15) is 0 Å². The second-order valence-corrected chi connectivity index (χ2v) is 8.39. The van der Waals surface area contributed by atoms with Gasteiger partial charge in [-0.3, -0.25) is 14.9 Å².